The predicted molar refractivity (Wildman–Crippen MR) is 84.5 cm³/mol. The van der Waals surface area contributed by atoms with E-state index in [2.05, 4.69) is 10.3 Å². The number of sulfone groups is 1. The highest BCUT2D eigenvalue weighted by atomic mass is 32.2. The van der Waals surface area contributed by atoms with Crippen molar-refractivity contribution in [2.24, 2.45) is 5.92 Å². The maximum absolute atomic E-state index is 12.3. The van der Waals surface area contributed by atoms with Gasteiger partial charge in [0.2, 0.25) is 11.8 Å². The van der Waals surface area contributed by atoms with Gasteiger partial charge in [-0.05, 0) is 31.0 Å². The molecule has 1 N–H and O–H groups in total. The molecule has 3 heterocycles. The van der Waals surface area contributed by atoms with Crippen LogP contribution in [0.5, 0.6) is 0 Å². The van der Waals surface area contributed by atoms with Crippen LogP contribution in [0.15, 0.2) is 18.3 Å². The van der Waals surface area contributed by atoms with Gasteiger partial charge in [-0.15, -0.1) is 0 Å². The number of anilines is 1. The van der Waals surface area contributed by atoms with E-state index in [9.17, 15) is 18.0 Å². The second-order valence-corrected chi connectivity index (χ2v) is 8.44. The van der Waals surface area contributed by atoms with Crippen LogP contribution < -0.4 is 5.32 Å². The quantitative estimate of drug-likeness (QED) is 0.859. The number of pyridine rings is 1. The second kappa shape index (κ2) is 5.92. The van der Waals surface area contributed by atoms with Crippen molar-refractivity contribution >= 4 is 27.5 Å². The standard InChI is InChI=1S/C15H19N3O4S/c1-10-2-4-16-13(6-10)17-15(20)11-7-14(19)18(8-11)12-3-5-23(21,22)9-12/h2,4,6,11-12H,3,5,7-9H2,1H3,(H,16,17,20)/t11-,12-/m0/s1. The summed E-state index contributed by atoms with van der Waals surface area (Å²) in [5, 5.41) is 2.73. The molecular weight excluding hydrogens is 318 g/mol. The van der Waals surface area contributed by atoms with Gasteiger partial charge >= 0.3 is 0 Å². The molecule has 2 aliphatic rings. The van der Waals surface area contributed by atoms with Crippen LogP contribution in [0.25, 0.3) is 0 Å². The fraction of sp³-hybridized carbons (Fsp3) is 0.533. The van der Waals surface area contributed by atoms with E-state index in [1.54, 1.807) is 17.2 Å². The third kappa shape index (κ3) is 3.52. The molecule has 0 bridgehead atoms. The Morgan fingerprint density at radius 3 is 2.87 bits per heavy atom. The average molecular weight is 337 g/mol. The first-order valence-electron chi connectivity index (χ1n) is 7.57. The Labute approximate surface area is 135 Å². The van der Waals surface area contributed by atoms with Crippen molar-refractivity contribution < 1.29 is 18.0 Å². The van der Waals surface area contributed by atoms with Crippen LogP contribution >= 0.6 is 0 Å². The normalized spacial score (nSPS) is 26.5. The van der Waals surface area contributed by atoms with Gasteiger partial charge in [-0.3, -0.25) is 9.59 Å². The lowest BCUT2D eigenvalue weighted by Gasteiger charge is -2.22. The molecule has 2 aliphatic heterocycles. The van der Waals surface area contributed by atoms with Gasteiger partial charge in [0.25, 0.3) is 0 Å². The summed E-state index contributed by atoms with van der Waals surface area (Å²) in [6, 6.07) is 3.30. The molecule has 23 heavy (non-hydrogen) atoms. The summed E-state index contributed by atoms with van der Waals surface area (Å²) >= 11 is 0. The van der Waals surface area contributed by atoms with Gasteiger partial charge < -0.3 is 10.2 Å². The molecule has 0 unspecified atom stereocenters. The van der Waals surface area contributed by atoms with Crippen LogP contribution in [-0.2, 0) is 19.4 Å². The summed E-state index contributed by atoms with van der Waals surface area (Å²) in [7, 11) is -3.05. The summed E-state index contributed by atoms with van der Waals surface area (Å²) in [4.78, 5) is 30.1. The van der Waals surface area contributed by atoms with Crippen LogP contribution in [0.1, 0.15) is 18.4 Å². The molecule has 2 amide bonds. The Morgan fingerprint density at radius 1 is 1.43 bits per heavy atom. The van der Waals surface area contributed by atoms with Gasteiger partial charge in [0.05, 0.1) is 17.4 Å². The molecule has 3 rings (SSSR count). The molecule has 124 valence electrons. The van der Waals surface area contributed by atoms with Crippen LogP contribution in [-0.4, -0.2) is 54.2 Å². The predicted octanol–water partition coefficient (Wildman–Crippen LogP) is 0.364. The highest BCUT2D eigenvalue weighted by Gasteiger charge is 2.41. The monoisotopic (exact) mass is 337 g/mol. The molecule has 7 nitrogen and oxygen atoms in total. The van der Waals surface area contributed by atoms with E-state index < -0.39 is 15.8 Å². The number of nitrogens with one attached hydrogen (secondary N) is 1. The summed E-state index contributed by atoms with van der Waals surface area (Å²) < 4.78 is 23.1. The van der Waals surface area contributed by atoms with Crippen LogP contribution in [0, 0.1) is 12.8 Å². The summed E-state index contributed by atoms with van der Waals surface area (Å²) in [6.45, 7) is 2.18. The molecule has 0 aromatic carbocycles. The maximum atomic E-state index is 12.3. The second-order valence-electron chi connectivity index (χ2n) is 6.21. The molecule has 2 fully saturated rings. The van der Waals surface area contributed by atoms with Crippen LogP contribution in [0.3, 0.4) is 0 Å². The van der Waals surface area contributed by atoms with Crippen molar-refractivity contribution in [1.29, 1.82) is 0 Å². The smallest absolute Gasteiger partial charge is 0.230 e. The number of hydrogen-bond acceptors (Lipinski definition) is 5. The first-order chi connectivity index (χ1) is 10.8. The SMILES string of the molecule is Cc1ccnc(NC(=O)[C@H]2CC(=O)N([C@H]3CCS(=O)(=O)C3)C2)c1. The van der Waals surface area contributed by atoms with Gasteiger partial charge in [0.1, 0.15) is 5.82 Å². The Hall–Kier alpha value is -1.96. The number of rotatable bonds is 3. The Kier molecular flexibility index (Phi) is 4.09. The van der Waals surface area contributed by atoms with E-state index in [4.69, 9.17) is 0 Å². The van der Waals surface area contributed by atoms with Crippen molar-refractivity contribution in [2.75, 3.05) is 23.4 Å². The first kappa shape index (κ1) is 15.9. The van der Waals surface area contributed by atoms with Gasteiger partial charge in [-0.2, -0.15) is 0 Å². The van der Waals surface area contributed by atoms with E-state index in [1.807, 2.05) is 13.0 Å². The molecule has 1 aromatic heterocycles. The summed E-state index contributed by atoms with van der Waals surface area (Å²) in [6.07, 6.45) is 2.19. The number of carbonyl (C=O) groups excluding carboxylic acids is 2. The zero-order chi connectivity index (χ0) is 16.6. The molecule has 2 saturated heterocycles. The van der Waals surface area contributed by atoms with Crippen LogP contribution in [0.2, 0.25) is 0 Å². The summed E-state index contributed by atoms with van der Waals surface area (Å²) in [5.74, 6) is -0.278. The third-order valence-electron chi connectivity index (χ3n) is 4.35. The number of carbonyl (C=O) groups is 2. The van der Waals surface area contributed by atoms with E-state index in [0.29, 0.717) is 12.2 Å². The summed E-state index contributed by atoms with van der Waals surface area (Å²) in [5.41, 5.74) is 0.982. The van der Waals surface area contributed by atoms with E-state index in [1.165, 1.54) is 0 Å². The maximum Gasteiger partial charge on any atom is 0.230 e. The molecular formula is C15H19N3O4S. The molecule has 2 atom stereocenters. The highest BCUT2D eigenvalue weighted by Crippen LogP contribution is 2.26. The van der Waals surface area contributed by atoms with E-state index in [0.717, 1.165) is 5.56 Å². The lowest BCUT2D eigenvalue weighted by molar-refractivity contribution is -0.129. The molecule has 0 spiro atoms. The fourth-order valence-corrected chi connectivity index (χ4v) is 4.84. The minimum atomic E-state index is -3.05. The topological polar surface area (TPSA) is 96.4 Å². The van der Waals surface area contributed by atoms with Crippen molar-refractivity contribution in [3.63, 3.8) is 0 Å². The van der Waals surface area contributed by atoms with Crippen molar-refractivity contribution in [3.05, 3.63) is 23.9 Å². The van der Waals surface area contributed by atoms with Gasteiger partial charge in [-0.1, -0.05) is 0 Å². The minimum absolute atomic E-state index is 0.00646. The van der Waals surface area contributed by atoms with Gasteiger partial charge in [-0.25, -0.2) is 13.4 Å². The van der Waals surface area contributed by atoms with Crippen molar-refractivity contribution in [2.45, 2.75) is 25.8 Å². The van der Waals surface area contributed by atoms with Gasteiger partial charge in [0.15, 0.2) is 9.84 Å². The number of aryl methyl sites for hydroxylation is 1. The van der Waals surface area contributed by atoms with E-state index in [-0.39, 0.29) is 42.3 Å². The Bertz CT molecular complexity index is 747. The zero-order valence-electron chi connectivity index (χ0n) is 12.9. The molecule has 0 saturated carbocycles. The highest BCUT2D eigenvalue weighted by molar-refractivity contribution is 7.91. The lowest BCUT2D eigenvalue weighted by atomic mass is 10.1. The number of aromatic nitrogens is 1. The number of nitrogens with zero attached hydrogens (tertiary/aromatic N) is 2. The first-order valence-corrected chi connectivity index (χ1v) is 9.39. The van der Waals surface area contributed by atoms with Crippen molar-refractivity contribution in [3.8, 4) is 0 Å². The van der Waals surface area contributed by atoms with Crippen LogP contribution in [0.4, 0.5) is 5.82 Å². The molecule has 1 aromatic rings. The van der Waals surface area contributed by atoms with E-state index >= 15 is 0 Å². The molecule has 0 aliphatic carbocycles. The minimum Gasteiger partial charge on any atom is -0.338 e. The third-order valence-corrected chi connectivity index (χ3v) is 6.10. The fourth-order valence-electron chi connectivity index (χ4n) is 3.11. The molecule has 0 radical (unpaired) electrons. The average Bonchev–Trinajstić information content (AvgIpc) is 3.01. The molecule has 8 heteroatoms. The lowest BCUT2D eigenvalue weighted by Crippen LogP contribution is -2.38. The van der Waals surface area contributed by atoms with Gasteiger partial charge in [0, 0.05) is 25.2 Å². The Morgan fingerprint density at radius 2 is 2.22 bits per heavy atom. The number of amides is 2. The number of hydrogen-bond donors (Lipinski definition) is 1. The largest absolute Gasteiger partial charge is 0.338 e. The van der Waals surface area contributed by atoms with Crippen molar-refractivity contribution in [1.82, 2.24) is 9.88 Å². The Balaban J connectivity index is 1.64. The number of likely N-dealkylation sites (tertiary alicyclic amines) is 1. The zero-order valence-corrected chi connectivity index (χ0v) is 13.7.